The maximum atomic E-state index is 12.1. The molecule has 0 saturated carbocycles. The molecule has 0 unspecified atom stereocenters. The van der Waals surface area contributed by atoms with E-state index >= 15 is 0 Å². The zero-order chi connectivity index (χ0) is 12.0. The number of alkyl halides is 1. The number of benzene rings is 1. The molecule has 1 rings (SSSR count). The maximum Gasteiger partial charge on any atom is 0.125 e. The highest BCUT2D eigenvalue weighted by Gasteiger charge is 2.06. The number of hydrogen-bond donors (Lipinski definition) is 1. The van der Waals surface area contributed by atoms with Crippen molar-refractivity contribution in [2.45, 2.75) is 27.3 Å². The standard InChI is InChI=1S/C13H20FNO/c1-4-15-9-12-7-10(2)13(11(3)8-12)16-6-5-14/h7-8,15H,4-6,9H2,1-3H3. The van der Waals surface area contributed by atoms with Gasteiger partial charge in [0.05, 0.1) is 0 Å². The van der Waals surface area contributed by atoms with Crippen molar-refractivity contribution in [1.29, 1.82) is 0 Å². The normalized spacial score (nSPS) is 10.5. The van der Waals surface area contributed by atoms with Gasteiger partial charge >= 0.3 is 0 Å². The minimum Gasteiger partial charge on any atom is -0.490 e. The van der Waals surface area contributed by atoms with E-state index in [2.05, 4.69) is 24.4 Å². The van der Waals surface area contributed by atoms with Crippen molar-refractivity contribution in [3.8, 4) is 5.75 Å². The van der Waals surface area contributed by atoms with Crippen molar-refractivity contribution in [3.05, 3.63) is 28.8 Å². The summed E-state index contributed by atoms with van der Waals surface area (Å²) in [4.78, 5) is 0. The third-order valence-corrected chi connectivity index (χ3v) is 2.42. The largest absolute Gasteiger partial charge is 0.490 e. The molecule has 0 aliphatic carbocycles. The summed E-state index contributed by atoms with van der Waals surface area (Å²) >= 11 is 0. The van der Waals surface area contributed by atoms with Gasteiger partial charge in [-0.15, -0.1) is 0 Å². The molecule has 0 fully saturated rings. The summed E-state index contributed by atoms with van der Waals surface area (Å²) in [6, 6.07) is 4.17. The first kappa shape index (κ1) is 13.0. The summed E-state index contributed by atoms with van der Waals surface area (Å²) in [6.07, 6.45) is 0. The highest BCUT2D eigenvalue weighted by Crippen LogP contribution is 2.24. The van der Waals surface area contributed by atoms with Crippen LogP contribution >= 0.6 is 0 Å². The molecule has 0 radical (unpaired) electrons. The highest BCUT2D eigenvalue weighted by atomic mass is 19.1. The lowest BCUT2D eigenvalue weighted by atomic mass is 10.1. The molecule has 0 bridgehead atoms. The van der Waals surface area contributed by atoms with Gasteiger partial charge < -0.3 is 10.1 Å². The van der Waals surface area contributed by atoms with E-state index in [1.807, 2.05) is 13.8 Å². The topological polar surface area (TPSA) is 21.3 Å². The van der Waals surface area contributed by atoms with Crippen LogP contribution in [0.25, 0.3) is 0 Å². The Hall–Kier alpha value is -1.09. The van der Waals surface area contributed by atoms with Gasteiger partial charge in [0, 0.05) is 6.54 Å². The van der Waals surface area contributed by atoms with Crippen LogP contribution in [0.1, 0.15) is 23.6 Å². The lowest BCUT2D eigenvalue weighted by molar-refractivity contribution is 0.270. The van der Waals surface area contributed by atoms with Crippen LogP contribution in [0, 0.1) is 13.8 Å². The first-order chi connectivity index (χ1) is 7.69. The van der Waals surface area contributed by atoms with Gasteiger partial charge in [0.15, 0.2) is 0 Å². The Balaban J connectivity index is 2.80. The molecule has 2 nitrogen and oxygen atoms in total. The summed E-state index contributed by atoms with van der Waals surface area (Å²) < 4.78 is 17.4. The van der Waals surface area contributed by atoms with Crippen LogP contribution in [-0.4, -0.2) is 19.8 Å². The van der Waals surface area contributed by atoms with E-state index in [0.29, 0.717) is 0 Å². The van der Waals surface area contributed by atoms with Gasteiger partial charge in [-0.1, -0.05) is 19.1 Å². The molecule has 0 heterocycles. The predicted octanol–water partition coefficient (Wildman–Crippen LogP) is 2.76. The van der Waals surface area contributed by atoms with Crippen molar-refractivity contribution < 1.29 is 9.13 Å². The molecule has 90 valence electrons. The van der Waals surface area contributed by atoms with Gasteiger partial charge in [0.1, 0.15) is 19.0 Å². The predicted molar refractivity (Wildman–Crippen MR) is 64.8 cm³/mol. The Morgan fingerprint density at radius 2 is 1.88 bits per heavy atom. The second-order valence-electron chi connectivity index (χ2n) is 3.88. The van der Waals surface area contributed by atoms with E-state index in [0.717, 1.165) is 30.0 Å². The first-order valence-electron chi connectivity index (χ1n) is 5.68. The number of nitrogens with one attached hydrogen (secondary N) is 1. The van der Waals surface area contributed by atoms with E-state index in [9.17, 15) is 4.39 Å². The maximum absolute atomic E-state index is 12.1. The summed E-state index contributed by atoms with van der Waals surface area (Å²) in [5.41, 5.74) is 3.38. The van der Waals surface area contributed by atoms with Crippen molar-refractivity contribution in [3.63, 3.8) is 0 Å². The lowest BCUT2D eigenvalue weighted by Crippen LogP contribution is -2.12. The van der Waals surface area contributed by atoms with E-state index in [1.165, 1.54) is 5.56 Å². The molecule has 0 aromatic heterocycles. The summed E-state index contributed by atoms with van der Waals surface area (Å²) in [5.74, 6) is 0.817. The number of aryl methyl sites for hydroxylation is 2. The minimum atomic E-state index is -0.446. The van der Waals surface area contributed by atoms with Crippen LogP contribution in [0.2, 0.25) is 0 Å². The van der Waals surface area contributed by atoms with Crippen molar-refractivity contribution in [2.24, 2.45) is 0 Å². The molecule has 1 N–H and O–H groups in total. The minimum absolute atomic E-state index is 0.133. The van der Waals surface area contributed by atoms with Crippen molar-refractivity contribution in [2.75, 3.05) is 19.8 Å². The fourth-order valence-electron chi connectivity index (χ4n) is 1.78. The highest BCUT2D eigenvalue weighted by molar-refractivity contribution is 5.43. The summed E-state index contributed by atoms with van der Waals surface area (Å²) in [7, 11) is 0. The second-order valence-corrected chi connectivity index (χ2v) is 3.88. The SMILES string of the molecule is CCNCc1cc(C)c(OCCF)c(C)c1. The molecule has 16 heavy (non-hydrogen) atoms. The third kappa shape index (κ3) is 3.49. The van der Waals surface area contributed by atoms with Crippen LogP contribution in [0.15, 0.2) is 12.1 Å². The van der Waals surface area contributed by atoms with Gasteiger partial charge in [-0.2, -0.15) is 0 Å². The molecule has 0 amide bonds. The van der Waals surface area contributed by atoms with E-state index in [1.54, 1.807) is 0 Å². The van der Waals surface area contributed by atoms with Gasteiger partial charge in [-0.05, 0) is 37.1 Å². The summed E-state index contributed by atoms with van der Waals surface area (Å²) in [5, 5.41) is 3.28. The Morgan fingerprint density at radius 1 is 1.25 bits per heavy atom. The zero-order valence-corrected chi connectivity index (χ0v) is 10.3. The number of ether oxygens (including phenoxy) is 1. The van der Waals surface area contributed by atoms with E-state index in [-0.39, 0.29) is 6.61 Å². The molecular weight excluding hydrogens is 205 g/mol. The van der Waals surface area contributed by atoms with Crippen molar-refractivity contribution >= 4 is 0 Å². The molecule has 1 aromatic carbocycles. The lowest BCUT2D eigenvalue weighted by Gasteiger charge is -2.13. The monoisotopic (exact) mass is 225 g/mol. The zero-order valence-electron chi connectivity index (χ0n) is 10.3. The molecule has 0 aliphatic heterocycles. The number of rotatable bonds is 6. The van der Waals surface area contributed by atoms with Gasteiger partial charge in [-0.25, -0.2) is 4.39 Å². The Bertz CT molecular complexity index is 316. The first-order valence-corrected chi connectivity index (χ1v) is 5.68. The summed E-state index contributed by atoms with van der Waals surface area (Å²) in [6.45, 7) is 7.58. The average molecular weight is 225 g/mol. The quantitative estimate of drug-likeness (QED) is 0.803. The molecule has 0 saturated heterocycles. The molecular formula is C13H20FNO. The second kappa shape index (κ2) is 6.48. The number of halogens is 1. The Kier molecular flexibility index (Phi) is 5.26. The van der Waals surface area contributed by atoms with Gasteiger partial charge in [0.2, 0.25) is 0 Å². The van der Waals surface area contributed by atoms with Gasteiger partial charge in [0.25, 0.3) is 0 Å². The fraction of sp³-hybridized carbons (Fsp3) is 0.538. The Labute approximate surface area is 96.8 Å². The van der Waals surface area contributed by atoms with Crippen LogP contribution in [0.5, 0.6) is 5.75 Å². The van der Waals surface area contributed by atoms with Crippen LogP contribution < -0.4 is 10.1 Å². The molecule has 0 aliphatic rings. The number of hydrogen-bond acceptors (Lipinski definition) is 2. The molecule has 3 heteroatoms. The van der Waals surface area contributed by atoms with Crippen LogP contribution in [0.3, 0.4) is 0 Å². The van der Waals surface area contributed by atoms with E-state index in [4.69, 9.17) is 4.74 Å². The smallest absolute Gasteiger partial charge is 0.125 e. The van der Waals surface area contributed by atoms with E-state index < -0.39 is 6.67 Å². The third-order valence-electron chi connectivity index (χ3n) is 2.42. The fourth-order valence-corrected chi connectivity index (χ4v) is 1.78. The van der Waals surface area contributed by atoms with Gasteiger partial charge in [-0.3, -0.25) is 0 Å². The molecule has 0 atom stereocenters. The average Bonchev–Trinajstić information content (AvgIpc) is 2.25. The molecule has 0 spiro atoms. The van der Waals surface area contributed by atoms with Crippen molar-refractivity contribution in [1.82, 2.24) is 5.32 Å². The Morgan fingerprint density at radius 3 is 2.38 bits per heavy atom. The van der Waals surface area contributed by atoms with Crippen LogP contribution in [-0.2, 0) is 6.54 Å². The molecule has 1 aromatic rings. The van der Waals surface area contributed by atoms with Crippen LogP contribution in [0.4, 0.5) is 4.39 Å².